The Kier molecular flexibility index (Phi) is 5.06. The number of anilines is 2. The summed E-state index contributed by atoms with van der Waals surface area (Å²) in [6.45, 7) is 3.70. The highest BCUT2D eigenvalue weighted by Crippen LogP contribution is 2.25. The van der Waals surface area contributed by atoms with Gasteiger partial charge in [-0.25, -0.2) is 9.97 Å². The van der Waals surface area contributed by atoms with Crippen molar-refractivity contribution in [2.45, 2.75) is 32.7 Å². The quantitative estimate of drug-likeness (QED) is 0.693. The van der Waals surface area contributed by atoms with Crippen LogP contribution in [-0.4, -0.2) is 22.3 Å². The third kappa shape index (κ3) is 3.88. The van der Waals surface area contributed by atoms with E-state index in [0.717, 1.165) is 54.0 Å². The van der Waals surface area contributed by atoms with Crippen LogP contribution >= 0.6 is 0 Å². The first-order valence-corrected chi connectivity index (χ1v) is 9.68. The highest BCUT2D eigenvalue weighted by Gasteiger charge is 2.19. The summed E-state index contributed by atoms with van der Waals surface area (Å²) in [5.41, 5.74) is 11.9. The number of aryl methyl sites for hydroxylation is 1. The fraction of sp³-hybridized carbons (Fsp3) is 0.261. The predicted octanol–water partition coefficient (Wildman–Crippen LogP) is 3.61. The Labute approximate surface area is 165 Å². The summed E-state index contributed by atoms with van der Waals surface area (Å²) < 4.78 is 0. The van der Waals surface area contributed by atoms with Crippen molar-refractivity contribution in [3.05, 3.63) is 82.7 Å². The number of carbonyl (C=O) groups excluding carboxylic acids is 1. The first kappa shape index (κ1) is 18.2. The van der Waals surface area contributed by atoms with E-state index < -0.39 is 0 Å². The fourth-order valence-electron chi connectivity index (χ4n) is 3.68. The van der Waals surface area contributed by atoms with Gasteiger partial charge in [0.05, 0.1) is 5.69 Å². The van der Waals surface area contributed by atoms with E-state index in [-0.39, 0.29) is 5.78 Å². The molecule has 142 valence electrons. The lowest BCUT2D eigenvalue weighted by Gasteiger charge is -2.30. The highest BCUT2D eigenvalue weighted by molar-refractivity contribution is 5.98. The van der Waals surface area contributed by atoms with Crippen molar-refractivity contribution >= 4 is 17.4 Å². The number of nitrogen functional groups attached to an aromatic ring is 1. The van der Waals surface area contributed by atoms with Crippen LogP contribution in [0.2, 0.25) is 0 Å². The maximum atomic E-state index is 12.8. The third-order valence-electron chi connectivity index (χ3n) is 5.25. The van der Waals surface area contributed by atoms with Crippen LogP contribution in [0.4, 0.5) is 11.6 Å². The molecule has 0 radical (unpaired) electrons. The molecule has 0 aliphatic carbocycles. The maximum absolute atomic E-state index is 12.8. The van der Waals surface area contributed by atoms with Gasteiger partial charge in [0.1, 0.15) is 0 Å². The van der Waals surface area contributed by atoms with E-state index in [4.69, 9.17) is 5.73 Å². The summed E-state index contributed by atoms with van der Waals surface area (Å²) in [5.74, 6) is 0.468. The van der Waals surface area contributed by atoms with Gasteiger partial charge < -0.3 is 10.6 Å². The van der Waals surface area contributed by atoms with E-state index in [2.05, 4.69) is 40.0 Å². The van der Waals surface area contributed by atoms with E-state index >= 15 is 0 Å². The Morgan fingerprint density at radius 1 is 1.14 bits per heavy atom. The summed E-state index contributed by atoms with van der Waals surface area (Å²) in [6.07, 6.45) is 4.03. The van der Waals surface area contributed by atoms with Gasteiger partial charge in [-0.3, -0.25) is 4.79 Å². The minimum atomic E-state index is 0.142. The second kappa shape index (κ2) is 7.80. The Hall–Kier alpha value is -3.21. The first-order valence-electron chi connectivity index (χ1n) is 9.68. The van der Waals surface area contributed by atoms with Crippen molar-refractivity contribution < 1.29 is 4.79 Å². The normalized spacial score (nSPS) is 13.2. The van der Waals surface area contributed by atoms with Crippen molar-refractivity contribution in [1.29, 1.82) is 0 Å². The molecule has 2 heterocycles. The van der Waals surface area contributed by atoms with Crippen LogP contribution in [0.15, 0.2) is 54.7 Å². The standard InChI is InChI=1S/C23H24N4O/c1-2-16-5-3-6-17(11-16)12-22(28)18-7-4-8-20(13-18)27-10-9-21-19(15-27)14-25-23(24)26-21/h3-8,11,13-14H,2,9-10,12,15H2,1H3,(H2,24,25,26). The number of benzene rings is 2. The van der Waals surface area contributed by atoms with Gasteiger partial charge in [0.25, 0.3) is 0 Å². The van der Waals surface area contributed by atoms with Gasteiger partial charge in [0.15, 0.2) is 5.78 Å². The van der Waals surface area contributed by atoms with E-state index in [1.54, 1.807) is 6.20 Å². The lowest BCUT2D eigenvalue weighted by atomic mass is 9.99. The van der Waals surface area contributed by atoms with Crippen LogP contribution < -0.4 is 10.6 Å². The number of rotatable bonds is 5. The molecule has 1 aliphatic heterocycles. The summed E-state index contributed by atoms with van der Waals surface area (Å²) in [7, 11) is 0. The Morgan fingerprint density at radius 2 is 1.96 bits per heavy atom. The number of hydrogen-bond donors (Lipinski definition) is 1. The molecule has 2 aromatic carbocycles. The van der Waals surface area contributed by atoms with Gasteiger partial charge >= 0.3 is 0 Å². The van der Waals surface area contributed by atoms with Crippen LogP contribution in [0, 0.1) is 0 Å². The molecule has 0 saturated carbocycles. The van der Waals surface area contributed by atoms with Crippen molar-refractivity contribution in [3.8, 4) is 0 Å². The molecule has 0 spiro atoms. The van der Waals surface area contributed by atoms with Crippen molar-refractivity contribution in [2.75, 3.05) is 17.2 Å². The van der Waals surface area contributed by atoms with Gasteiger partial charge in [0, 0.05) is 48.9 Å². The van der Waals surface area contributed by atoms with Gasteiger partial charge in [-0.15, -0.1) is 0 Å². The summed E-state index contributed by atoms with van der Waals surface area (Å²) in [6, 6.07) is 16.2. The number of aromatic nitrogens is 2. The second-order valence-corrected chi connectivity index (χ2v) is 7.20. The predicted molar refractivity (Wildman–Crippen MR) is 111 cm³/mol. The molecule has 0 fully saturated rings. The maximum Gasteiger partial charge on any atom is 0.220 e. The van der Waals surface area contributed by atoms with E-state index in [1.807, 2.05) is 30.3 Å². The molecule has 5 nitrogen and oxygen atoms in total. The molecule has 0 amide bonds. The van der Waals surface area contributed by atoms with Crippen LogP contribution in [-0.2, 0) is 25.8 Å². The fourth-order valence-corrected chi connectivity index (χ4v) is 3.68. The molecule has 4 rings (SSSR count). The molecule has 0 atom stereocenters. The topological polar surface area (TPSA) is 72.1 Å². The van der Waals surface area contributed by atoms with E-state index in [0.29, 0.717) is 12.4 Å². The van der Waals surface area contributed by atoms with Gasteiger partial charge in [-0.05, 0) is 29.7 Å². The van der Waals surface area contributed by atoms with Gasteiger partial charge in [-0.2, -0.15) is 0 Å². The van der Waals surface area contributed by atoms with E-state index in [9.17, 15) is 4.79 Å². The molecule has 28 heavy (non-hydrogen) atoms. The van der Waals surface area contributed by atoms with Crippen molar-refractivity contribution in [1.82, 2.24) is 9.97 Å². The van der Waals surface area contributed by atoms with Crippen LogP contribution in [0.1, 0.15) is 39.7 Å². The number of nitrogens with two attached hydrogens (primary N) is 1. The molecule has 1 aliphatic rings. The van der Waals surface area contributed by atoms with Crippen LogP contribution in [0.5, 0.6) is 0 Å². The molecule has 3 aromatic rings. The smallest absolute Gasteiger partial charge is 0.220 e. The van der Waals surface area contributed by atoms with Crippen molar-refractivity contribution in [2.24, 2.45) is 0 Å². The molecule has 5 heteroatoms. The molecule has 1 aromatic heterocycles. The van der Waals surface area contributed by atoms with Gasteiger partial charge in [-0.1, -0.05) is 43.3 Å². The molecule has 0 saturated heterocycles. The largest absolute Gasteiger partial charge is 0.368 e. The number of hydrogen-bond acceptors (Lipinski definition) is 5. The summed E-state index contributed by atoms with van der Waals surface area (Å²) in [4.78, 5) is 23.5. The van der Waals surface area contributed by atoms with Crippen LogP contribution in [0.25, 0.3) is 0 Å². The minimum Gasteiger partial charge on any atom is -0.368 e. The lowest BCUT2D eigenvalue weighted by Crippen LogP contribution is -2.31. The molecular formula is C23H24N4O. The number of carbonyl (C=O) groups is 1. The lowest BCUT2D eigenvalue weighted by molar-refractivity contribution is 0.0993. The summed E-state index contributed by atoms with van der Waals surface area (Å²) in [5, 5.41) is 0. The molecular weight excluding hydrogens is 348 g/mol. The Morgan fingerprint density at radius 3 is 2.82 bits per heavy atom. The zero-order valence-electron chi connectivity index (χ0n) is 16.1. The Bertz CT molecular complexity index is 1010. The minimum absolute atomic E-state index is 0.142. The number of Topliss-reactive ketones (excluding diaryl/α,β-unsaturated/α-hetero) is 1. The Balaban J connectivity index is 1.51. The summed E-state index contributed by atoms with van der Waals surface area (Å²) >= 11 is 0. The second-order valence-electron chi connectivity index (χ2n) is 7.20. The van der Waals surface area contributed by atoms with Crippen molar-refractivity contribution in [3.63, 3.8) is 0 Å². The van der Waals surface area contributed by atoms with Crippen LogP contribution in [0.3, 0.4) is 0 Å². The average Bonchev–Trinajstić information content (AvgIpc) is 2.73. The number of ketones is 1. The monoisotopic (exact) mass is 372 g/mol. The highest BCUT2D eigenvalue weighted by atomic mass is 16.1. The molecule has 2 N–H and O–H groups in total. The van der Waals surface area contributed by atoms with E-state index in [1.165, 1.54) is 5.56 Å². The molecule has 0 unspecified atom stereocenters. The first-order chi connectivity index (χ1) is 13.6. The zero-order valence-corrected chi connectivity index (χ0v) is 16.1. The van der Waals surface area contributed by atoms with Gasteiger partial charge in [0.2, 0.25) is 5.95 Å². The zero-order chi connectivity index (χ0) is 19.5. The molecule has 0 bridgehead atoms. The average molecular weight is 372 g/mol. The number of fused-ring (bicyclic) bond motifs is 1. The third-order valence-corrected chi connectivity index (χ3v) is 5.25. The SMILES string of the molecule is CCc1cccc(CC(=O)c2cccc(N3CCc4nc(N)ncc4C3)c2)c1. The number of nitrogens with zero attached hydrogens (tertiary/aromatic N) is 3.